The third-order valence-corrected chi connectivity index (χ3v) is 4.06. The van der Waals surface area contributed by atoms with Gasteiger partial charge in [0, 0.05) is 27.2 Å². The fourth-order valence-electron chi connectivity index (χ4n) is 1.44. The molecule has 0 aliphatic heterocycles. The van der Waals surface area contributed by atoms with Crippen LogP contribution >= 0.6 is 36.2 Å². The topological polar surface area (TPSA) is 54.5 Å². The van der Waals surface area contributed by atoms with Crippen LogP contribution in [-0.2, 0) is 4.74 Å². The fraction of sp³-hybridized carbons (Fsp3) is 0.667. The Morgan fingerprint density at radius 1 is 1.50 bits per heavy atom. The molecular formula is C12H23Cl2N3O2S. The molecule has 1 aromatic rings. The second kappa shape index (κ2) is 10.3. The summed E-state index contributed by atoms with van der Waals surface area (Å²) < 4.78 is 5.22. The molecule has 1 heterocycles. The Labute approximate surface area is 136 Å². The van der Waals surface area contributed by atoms with E-state index in [4.69, 9.17) is 4.74 Å². The number of halogens is 2. The molecule has 1 atom stereocenters. The van der Waals surface area contributed by atoms with Crippen LogP contribution in [0.25, 0.3) is 0 Å². The van der Waals surface area contributed by atoms with E-state index in [1.807, 2.05) is 20.9 Å². The highest BCUT2D eigenvalue weighted by Gasteiger charge is 2.20. The first-order valence-electron chi connectivity index (χ1n) is 5.91. The molecule has 1 unspecified atom stereocenters. The van der Waals surface area contributed by atoms with Crippen LogP contribution in [0.2, 0.25) is 0 Å². The van der Waals surface area contributed by atoms with Gasteiger partial charge in [-0.3, -0.25) is 4.79 Å². The molecule has 0 spiro atoms. The van der Waals surface area contributed by atoms with E-state index in [0.29, 0.717) is 11.4 Å². The monoisotopic (exact) mass is 343 g/mol. The van der Waals surface area contributed by atoms with Crippen molar-refractivity contribution in [2.75, 3.05) is 34.3 Å². The van der Waals surface area contributed by atoms with E-state index in [-0.39, 0.29) is 36.8 Å². The van der Waals surface area contributed by atoms with Crippen LogP contribution in [0.1, 0.15) is 33.4 Å². The Bertz CT molecular complexity index is 415. The number of hydrogen-bond donors (Lipinski definition) is 1. The van der Waals surface area contributed by atoms with Crippen molar-refractivity contribution in [3.05, 3.63) is 15.6 Å². The molecular weight excluding hydrogens is 321 g/mol. The molecule has 0 radical (unpaired) electrons. The first-order chi connectivity index (χ1) is 8.51. The second-order valence-electron chi connectivity index (χ2n) is 4.17. The number of aryl methyl sites for hydroxylation is 1. The Kier molecular flexibility index (Phi) is 11.3. The van der Waals surface area contributed by atoms with E-state index in [0.717, 1.165) is 17.2 Å². The van der Waals surface area contributed by atoms with Crippen molar-refractivity contribution in [3.63, 3.8) is 0 Å². The van der Waals surface area contributed by atoms with Crippen LogP contribution < -0.4 is 5.32 Å². The lowest BCUT2D eigenvalue weighted by Gasteiger charge is -2.15. The Hall–Kier alpha value is -0.400. The van der Waals surface area contributed by atoms with Crippen molar-refractivity contribution in [1.29, 1.82) is 0 Å². The maximum Gasteiger partial charge on any atom is 0.265 e. The minimum absolute atomic E-state index is 0. The lowest BCUT2D eigenvalue weighted by Crippen LogP contribution is -2.32. The molecule has 5 nitrogen and oxygen atoms in total. The van der Waals surface area contributed by atoms with Gasteiger partial charge in [0.15, 0.2) is 0 Å². The third-order valence-electron chi connectivity index (χ3n) is 2.75. The number of nitrogens with one attached hydrogen (secondary N) is 1. The zero-order valence-electron chi connectivity index (χ0n) is 12.4. The molecule has 0 fully saturated rings. The summed E-state index contributed by atoms with van der Waals surface area (Å²) in [5, 5.41) is 3.87. The molecule has 1 rings (SSSR count). The second-order valence-corrected chi connectivity index (χ2v) is 5.21. The van der Waals surface area contributed by atoms with Crippen LogP contribution in [0, 0.1) is 6.92 Å². The van der Waals surface area contributed by atoms with Gasteiger partial charge in [0.2, 0.25) is 0 Å². The normalized spacial score (nSPS) is 11.2. The number of carbonyl (C=O) groups excluding carboxylic acids is 1. The van der Waals surface area contributed by atoms with E-state index in [1.54, 1.807) is 19.1 Å². The van der Waals surface area contributed by atoms with Gasteiger partial charge in [0.25, 0.3) is 5.91 Å². The molecule has 0 saturated carbocycles. The quantitative estimate of drug-likeness (QED) is 0.860. The summed E-state index contributed by atoms with van der Waals surface area (Å²) in [5.74, 6) is 0.0230. The number of ether oxygens (including phenoxy) is 1. The maximum atomic E-state index is 12.2. The number of rotatable bonds is 6. The van der Waals surface area contributed by atoms with Gasteiger partial charge in [-0.25, -0.2) is 4.98 Å². The van der Waals surface area contributed by atoms with E-state index in [2.05, 4.69) is 10.3 Å². The molecule has 1 N–H and O–H groups in total. The molecule has 118 valence electrons. The lowest BCUT2D eigenvalue weighted by molar-refractivity contribution is 0.0800. The Morgan fingerprint density at radius 3 is 2.60 bits per heavy atom. The molecule has 0 aromatic carbocycles. The minimum atomic E-state index is -0.0714. The van der Waals surface area contributed by atoms with E-state index in [9.17, 15) is 4.79 Å². The summed E-state index contributed by atoms with van der Waals surface area (Å²) in [5.41, 5.74) is 0.778. The summed E-state index contributed by atoms with van der Waals surface area (Å²) in [4.78, 5) is 19.0. The first kappa shape index (κ1) is 21.9. The summed E-state index contributed by atoms with van der Waals surface area (Å²) in [6, 6.07) is 0. The molecule has 20 heavy (non-hydrogen) atoms. The van der Waals surface area contributed by atoms with Crippen LogP contribution in [0.3, 0.4) is 0 Å². The minimum Gasteiger partial charge on any atom is -0.375 e. The van der Waals surface area contributed by atoms with Crippen molar-refractivity contribution in [2.45, 2.75) is 20.0 Å². The van der Waals surface area contributed by atoms with Crippen LogP contribution in [0.5, 0.6) is 0 Å². The summed E-state index contributed by atoms with van der Waals surface area (Å²) >= 11 is 1.41. The van der Waals surface area contributed by atoms with E-state index < -0.39 is 0 Å². The smallest absolute Gasteiger partial charge is 0.265 e. The maximum absolute atomic E-state index is 12.2. The van der Waals surface area contributed by atoms with Crippen molar-refractivity contribution in [2.24, 2.45) is 0 Å². The molecule has 1 amide bonds. The average Bonchev–Trinajstić information content (AvgIpc) is 2.76. The zero-order valence-corrected chi connectivity index (χ0v) is 14.9. The molecule has 0 aliphatic rings. The Balaban J connectivity index is 0. The van der Waals surface area contributed by atoms with Gasteiger partial charge in [-0.15, -0.1) is 36.2 Å². The molecule has 0 aliphatic carbocycles. The SMILES string of the molecule is CNCCN(C)C(=O)c1sc(C(C)OC)nc1C.Cl.Cl. The number of hydrogen-bond acceptors (Lipinski definition) is 5. The average molecular weight is 344 g/mol. The standard InChI is InChI=1S/C12H21N3O2S.2ClH/c1-8-10(12(16)15(4)7-6-13-3)18-11(14-8)9(2)17-5;;/h9,13H,6-7H2,1-5H3;2*1H. The van der Waals surface area contributed by atoms with Crippen LogP contribution in [-0.4, -0.2) is 50.1 Å². The molecule has 0 saturated heterocycles. The first-order valence-corrected chi connectivity index (χ1v) is 6.73. The number of thiazole rings is 1. The van der Waals surface area contributed by atoms with Crippen molar-refractivity contribution < 1.29 is 9.53 Å². The predicted molar refractivity (Wildman–Crippen MR) is 87.7 cm³/mol. The summed E-state index contributed by atoms with van der Waals surface area (Å²) in [6.45, 7) is 5.25. The molecule has 8 heteroatoms. The lowest BCUT2D eigenvalue weighted by atomic mass is 10.3. The van der Waals surface area contributed by atoms with Gasteiger partial charge in [-0.05, 0) is 20.9 Å². The zero-order chi connectivity index (χ0) is 13.7. The number of aromatic nitrogens is 1. The van der Waals surface area contributed by atoms with Gasteiger partial charge < -0.3 is 15.0 Å². The fourth-order valence-corrected chi connectivity index (χ4v) is 2.54. The van der Waals surface area contributed by atoms with E-state index in [1.165, 1.54) is 11.3 Å². The van der Waals surface area contributed by atoms with Gasteiger partial charge in [-0.2, -0.15) is 0 Å². The highest BCUT2D eigenvalue weighted by atomic mass is 35.5. The summed E-state index contributed by atoms with van der Waals surface area (Å²) in [7, 11) is 5.31. The van der Waals surface area contributed by atoms with Crippen LogP contribution in [0.15, 0.2) is 0 Å². The van der Waals surface area contributed by atoms with Crippen LogP contribution in [0.4, 0.5) is 0 Å². The predicted octanol–water partition coefficient (Wildman–Crippen LogP) is 2.29. The van der Waals surface area contributed by atoms with Crippen molar-refractivity contribution in [3.8, 4) is 0 Å². The van der Waals surface area contributed by atoms with Gasteiger partial charge >= 0.3 is 0 Å². The highest BCUT2D eigenvalue weighted by Crippen LogP contribution is 2.26. The largest absolute Gasteiger partial charge is 0.375 e. The number of amides is 1. The molecule has 0 bridgehead atoms. The summed E-state index contributed by atoms with van der Waals surface area (Å²) in [6.07, 6.45) is -0.0714. The van der Waals surface area contributed by atoms with E-state index >= 15 is 0 Å². The van der Waals surface area contributed by atoms with Gasteiger partial charge in [-0.1, -0.05) is 0 Å². The van der Waals surface area contributed by atoms with Gasteiger partial charge in [0.05, 0.1) is 5.69 Å². The van der Waals surface area contributed by atoms with Gasteiger partial charge in [0.1, 0.15) is 16.0 Å². The Morgan fingerprint density at radius 2 is 2.10 bits per heavy atom. The number of carbonyl (C=O) groups is 1. The number of methoxy groups -OCH3 is 1. The van der Waals surface area contributed by atoms with Crippen molar-refractivity contribution >= 4 is 42.1 Å². The molecule has 1 aromatic heterocycles. The third kappa shape index (κ3) is 5.54. The highest BCUT2D eigenvalue weighted by molar-refractivity contribution is 7.13. The van der Waals surface area contributed by atoms with Crippen molar-refractivity contribution in [1.82, 2.24) is 15.2 Å². The number of nitrogens with zero attached hydrogens (tertiary/aromatic N) is 2. The number of likely N-dealkylation sites (N-methyl/N-ethyl adjacent to an activating group) is 2.